The van der Waals surface area contributed by atoms with Crippen molar-refractivity contribution in [3.05, 3.63) is 41.7 Å². The van der Waals surface area contributed by atoms with Gasteiger partial charge in [-0.3, -0.25) is 0 Å². The lowest BCUT2D eigenvalue weighted by atomic mass is 9.99. The zero-order valence-electron chi connectivity index (χ0n) is 16.8. The van der Waals surface area contributed by atoms with Gasteiger partial charge in [0.2, 0.25) is 0 Å². The van der Waals surface area contributed by atoms with Crippen molar-refractivity contribution in [2.45, 2.75) is 71.9 Å². The monoisotopic (exact) mass is 488 g/mol. The van der Waals surface area contributed by atoms with E-state index < -0.39 is 0 Å². The van der Waals surface area contributed by atoms with Crippen LogP contribution in [0.2, 0.25) is 0 Å². The molecule has 0 bridgehead atoms. The van der Waals surface area contributed by atoms with Crippen LogP contribution in [0.3, 0.4) is 0 Å². The lowest BCUT2D eigenvalue weighted by Crippen LogP contribution is -2.42. The molecule has 0 aliphatic rings. The number of aromatic nitrogens is 1. The van der Waals surface area contributed by atoms with Gasteiger partial charge in [-0.1, -0.05) is 25.9 Å². The Hall–Kier alpha value is -1.51. The largest absolute Gasteiger partial charge is 0.469 e. The molecule has 2 aromatic rings. The second kappa shape index (κ2) is 12.8. The molecular weight excluding hydrogens is 455 g/mol. The van der Waals surface area contributed by atoms with Crippen LogP contribution in [0.25, 0.3) is 0 Å². The molecule has 0 aliphatic heterocycles. The minimum atomic E-state index is 0. The van der Waals surface area contributed by atoms with Crippen LogP contribution in [-0.4, -0.2) is 23.7 Å². The molecule has 0 fully saturated rings. The zero-order chi connectivity index (χ0) is 18.8. The first-order valence-electron chi connectivity index (χ1n) is 9.68. The number of rotatable bonds is 10. The Balaban J connectivity index is 0.00000364. The maximum Gasteiger partial charge on any atom is 0.191 e. The van der Waals surface area contributed by atoms with Gasteiger partial charge >= 0.3 is 0 Å². The van der Waals surface area contributed by atoms with Crippen molar-refractivity contribution >= 4 is 29.9 Å². The van der Waals surface area contributed by atoms with Gasteiger partial charge in [0, 0.05) is 31.0 Å². The number of nitrogens with one attached hydrogen (secondary N) is 2. The molecule has 0 saturated heterocycles. The van der Waals surface area contributed by atoms with E-state index in [-0.39, 0.29) is 24.0 Å². The highest BCUT2D eigenvalue weighted by Crippen LogP contribution is 2.22. The standard InChI is InChI=1S/C20H32N4O2.HI/c1-5-15(4)23-20(21-11-10-17-9-8-12-25-17)22-14-18-13-19(24-26-18)16(6-2)7-3;/h8-9,12-13,15-16H,5-7,10-11,14H2,1-4H3,(H2,21,22,23);1H. The van der Waals surface area contributed by atoms with Gasteiger partial charge in [0.15, 0.2) is 11.7 Å². The third-order valence-corrected chi connectivity index (χ3v) is 4.61. The van der Waals surface area contributed by atoms with Crippen molar-refractivity contribution < 1.29 is 8.94 Å². The summed E-state index contributed by atoms with van der Waals surface area (Å²) in [6, 6.07) is 6.27. The van der Waals surface area contributed by atoms with Crippen molar-refractivity contribution in [1.82, 2.24) is 15.8 Å². The highest BCUT2D eigenvalue weighted by atomic mass is 127. The number of halogens is 1. The van der Waals surface area contributed by atoms with E-state index in [4.69, 9.17) is 8.94 Å². The van der Waals surface area contributed by atoms with Gasteiger partial charge in [-0.05, 0) is 38.3 Å². The van der Waals surface area contributed by atoms with Gasteiger partial charge < -0.3 is 19.6 Å². The number of hydrogen-bond donors (Lipinski definition) is 2. The summed E-state index contributed by atoms with van der Waals surface area (Å²) in [7, 11) is 0. The first-order valence-corrected chi connectivity index (χ1v) is 9.68. The third kappa shape index (κ3) is 7.94. The summed E-state index contributed by atoms with van der Waals surface area (Å²) in [5.74, 6) is 3.00. The van der Waals surface area contributed by atoms with E-state index in [1.54, 1.807) is 6.26 Å². The molecule has 0 amide bonds. The van der Waals surface area contributed by atoms with E-state index in [1.165, 1.54) is 0 Å². The minimum Gasteiger partial charge on any atom is -0.469 e. The van der Waals surface area contributed by atoms with Gasteiger partial charge in [-0.15, -0.1) is 24.0 Å². The molecule has 0 spiro atoms. The van der Waals surface area contributed by atoms with E-state index in [0.29, 0.717) is 18.5 Å². The van der Waals surface area contributed by atoms with Crippen LogP contribution in [0.4, 0.5) is 0 Å². The summed E-state index contributed by atoms with van der Waals surface area (Å²) < 4.78 is 10.8. The smallest absolute Gasteiger partial charge is 0.191 e. The fraction of sp³-hybridized carbons (Fsp3) is 0.600. The van der Waals surface area contributed by atoms with Crippen LogP contribution in [0.15, 0.2) is 38.4 Å². The predicted molar refractivity (Wildman–Crippen MR) is 120 cm³/mol. The van der Waals surface area contributed by atoms with E-state index in [0.717, 1.165) is 55.4 Å². The van der Waals surface area contributed by atoms with E-state index in [1.807, 2.05) is 18.2 Å². The number of furan rings is 1. The highest BCUT2D eigenvalue weighted by molar-refractivity contribution is 14.0. The quantitative estimate of drug-likeness (QED) is 0.284. The normalized spacial score (nSPS) is 12.7. The predicted octanol–water partition coefficient (Wildman–Crippen LogP) is 4.87. The number of guanidine groups is 1. The second-order valence-corrected chi connectivity index (χ2v) is 6.61. The Morgan fingerprint density at radius 3 is 2.59 bits per heavy atom. The average Bonchev–Trinajstić information content (AvgIpc) is 3.32. The molecule has 0 radical (unpaired) electrons. The fourth-order valence-electron chi connectivity index (χ4n) is 2.71. The average molecular weight is 488 g/mol. The van der Waals surface area contributed by atoms with E-state index in [9.17, 15) is 0 Å². The lowest BCUT2D eigenvalue weighted by Gasteiger charge is -2.16. The van der Waals surface area contributed by atoms with E-state index in [2.05, 4.69) is 48.5 Å². The molecule has 1 unspecified atom stereocenters. The molecule has 2 aromatic heterocycles. The summed E-state index contributed by atoms with van der Waals surface area (Å²) in [5.41, 5.74) is 1.03. The highest BCUT2D eigenvalue weighted by Gasteiger charge is 2.13. The Labute approximate surface area is 179 Å². The maximum absolute atomic E-state index is 5.47. The van der Waals surface area contributed by atoms with Crippen molar-refractivity contribution in [2.75, 3.05) is 6.54 Å². The summed E-state index contributed by atoms with van der Waals surface area (Å²) in [6.45, 7) is 9.88. The molecule has 152 valence electrons. The third-order valence-electron chi connectivity index (χ3n) is 4.61. The molecule has 2 heterocycles. The van der Waals surface area contributed by atoms with Crippen molar-refractivity contribution in [2.24, 2.45) is 4.99 Å². The molecule has 2 N–H and O–H groups in total. The van der Waals surface area contributed by atoms with Crippen molar-refractivity contribution in [3.8, 4) is 0 Å². The molecule has 2 rings (SSSR count). The van der Waals surface area contributed by atoms with Crippen LogP contribution in [0, 0.1) is 0 Å². The lowest BCUT2D eigenvalue weighted by molar-refractivity contribution is 0.372. The molecule has 1 atom stereocenters. The van der Waals surface area contributed by atoms with Crippen LogP contribution in [-0.2, 0) is 13.0 Å². The number of nitrogens with zero attached hydrogens (tertiary/aromatic N) is 2. The second-order valence-electron chi connectivity index (χ2n) is 6.61. The first kappa shape index (κ1) is 23.5. The number of aliphatic imine (C=N–C) groups is 1. The Kier molecular flexibility index (Phi) is 11.2. The van der Waals surface area contributed by atoms with Crippen molar-refractivity contribution in [1.29, 1.82) is 0 Å². The summed E-state index contributed by atoms with van der Waals surface area (Å²) >= 11 is 0. The van der Waals surface area contributed by atoms with Crippen LogP contribution < -0.4 is 10.6 Å². The minimum absolute atomic E-state index is 0. The van der Waals surface area contributed by atoms with Gasteiger partial charge in [-0.2, -0.15) is 0 Å². The SMILES string of the molecule is CCC(C)NC(=NCc1cc(C(CC)CC)no1)NCCc1ccco1.I. The topological polar surface area (TPSA) is 75.6 Å². The summed E-state index contributed by atoms with van der Waals surface area (Å²) in [6.07, 6.45) is 5.68. The van der Waals surface area contributed by atoms with E-state index >= 15 is 0 Å². The number of hydrogen-bond acceptors (Lipinski definition) is 4. The van der Waals surface area contributed by atoms with Crippen LogP contribution in [0.5, 0.6) is 0 Å². The maximum atomic E-state index is 5.47. The molecule has 0 aliphatic carbocycles. The van der Waals surface area contributed by atoms with Crippen LogP contribution in [0.1, 0.15) is 70.1 Å². The molecule has 27 heavy (non-hydrogen) atoms. The summed E-state index contributed by atoms with van der Waals surface area (Å²) in [5, 5.41) is 11.0. The molecule has 0 saturated carbocycles. The Morgan fingerprint density at radius 1 is 1.19 bits per heavy atom. The first-order chi connectivity index (χ1) is 12.7. The Morgan fingerprint density at radius 2 is 1.96 bits per heavy atom. The molecular formula is C20H33IN4O2. The zero-order valence-corrected chi connectivity index (χ0v) is 19.2. The van der Waals surface area contributed by atoms with Crippen molar-refractivity contribution in [3.63, 3.8) is 0 Å². The molecule has 0 aromatic carbocycles. The summed E-state index contributed by atoms with van der Waals surface area (Å²) in [4.78, 5) is 4.66. The van der Waals surface area contributed by atoms with Gasteiger partial charge in [-0.25, -0.2) is 4.99 Å². The molecule has 7 heteroatoms. The van der Waals surface area contributed by atoms with Gasteiger partial charge in [0.05, 0.1) is 12.0 Å². The molecule has 6 nitrogen and oxygen atoms in total. The van der Waals surface area contributed by atoms with Gasteiger partial charge in [0.25, 0.3) is 0 Å². The Bertz CT molecular complexity index is 651. The fourth-order valence-corrected chi connectivity index (χ4v) is 2.71. The van der Waals surface area contributed by atoms with Crippen LogP contribution >= 0.6 is 24.0 Å². The van der Waals surface area contributed by atoms with Gasteiger partial charge in [0.1, 0.15) is 12.3 Å².